The van der Waals surface area contributed by atoms with Gasteiger partial charge in [0.2, 0.25) is 11.8 Å². The molecule has 0 aliphatic heterocycles. The lowest BCUT2D eigenvalue weighted by molar-refractivity contribution is -0.142. The first-order chi connectivity index (χ1) is 13.3. The van der Waals surface area contributed by atoms with Crippen molar-refractivity contribution in [1.29, 1.82) is 0 Å². The largest absolute Gasteiger partial charge is 0.480 e. The van der Waals surface area contributed by atoms with Gasteiger partial charge in [-0.25, -0.2) is 4.79 Å². The molecule has 0 saturated carbocycles. The van der Waals surface area contributed by atoms with Gasteiger partial charge >= 0.3 is 5.97 Å². The van der Waals surface area contributed by atoms with Crippen molar-refractivity contribution < 1.29 is 19.5 Å². The van der Waals surface area contributed by atoms with Crippen LogP contribution in [0.4, 0.5) is 0 Å². The van der Waals surface area contributed by atoms with E-state index >= 15 is 0 Å². The van der Waals surface area contributed by atoms with E-state index in [4.69, 9.17) is 5.73 Å². The average molecular weight is 410 g/mol. The fourth-order valence-corrected chi connectivity index (χ4v) is 3.15. The van der Waals surface area contributed by atoms with Crippen LogP contribution in [0.25, 0.3) is 0 Å². The lowest BCUT2D eigenvalue weighted by Crippen LogP contribution is -2.57. The molecule has 0 fully saturated rings. The molecule has 0 aliphatic rings. The summed E-state index contributed by atoms with van der Waals surface area (Å²) in [5, 5.41) is 14.6. The number of carbonyl (C=O) groups is 3. The first-order valence-corrected chi connectivity index (χ1v) is 10.8. The van der Waals surface area contributed by atoms with Crippen LogP contribution in [-0.4, -0.2) is 53.0 Å². The highest BCUT2D eigenvalue weighted by molar-refractivity contribution is 7.98. The number of hydrogen-bond donors (Lipinski definition) is 4. The van der Waals surface area contributed by atoms with Crippen LogP contribution < -0.4 is 16.4 Å². The molecular weight excluding hydrogens is 378 g/mol. The molecule has 0 aliphatic carbocycles. The van der Waals surface area contributed by atoms with Crippen LogP contribution >= 0.6 is 11.8 Å². The molecule has 0 heterocycles. The van der Waals surface area contributed by atoms with Gasteiger partial charge in [0.1, 0.15) is 12.1 Å². The fraction of sp³-hybridized carbons (Fsp3) is 0.550. The molecule has 4 atom stereocenters. The summed E-state index contributed by atoms with van der Waals surface area (Å²) < 4.78 is 0. The minimum absolute atomic E-state index is 0.164. The number of carboxylic acid groups (broad SMARTS) is 1. The highest BCUT2D eigenvalue weighted by atomic mass is 32.2. The first kappa shape index (κ1) is 24.0. The molecule has 0 saturated heterocycles. The van der Waals surface area contributed by atoms with Crippen LogP contribution in [0.2, 0.25) is 0 Å². The molecule has 0 bridgehead atoms. The second-order valence-corrected chi connectivity index (χ2v) is 7.83. The number of thioether (sulfide) groups is 1. The van der Waals surface area contributed by atoms with Gasteiger partial charge in [-0.05, 0) is 36.3 Å². The third-order valence-electron chi connectivity index (χ3n) is 4.65. The summed E-state index contributed by atoms with van der Waals surface area (Å²) in [6.07, 6.45) is 3.19. The lowest BCUT2D eigenvalue weighted by Gasteiger charge is -2.26. The molecule has 1 rings (SSSR count). The molecule has 1 aromatic carbocycles. The minimum atomic E-state index is -1.09. The van der Waals surface area contributed by atoms with Gasteiger partial charge in [0.25, 0.3) is 0 Å². The van der Waals surface area contributed by atoms with Crippen LogP contribution in [0.5, 0.6) is 0 Å². The molecule has 0 spiro atoms. The number of aliphatic carboxylic acids is 1. The topological polar surface area (TPSA) is 122 Å². The lowest BCUT2D eigenvalue weighted by atomic mass is 9.97. The van der Waals surface area contributed by atoms with E-state index in [-0.39, 0.29) is 5.92 Å². The summed E-state index contributed by atoms with van der Waals surface area (Å²) in [6, 6.07) is 6.77. The van der Waals surface area contributed by atoms with E-state index < -0.39 is 35.9 Å². The Labute approximate surface area is 170 Å². The number of carboxylic acids is 1. The van der Waals surface area contributed by atoms with Gasteiger partial charge in [-0.3, -0.25) is 9.59 Å². The number of nitrogens with one attached hydrogen (secondary N) is 2. The third-order valence-corrected chi connectivity index (χ3v) is 5.30. The van der Waals surface area contributed by atoms with Crippen molar-refractivity contribution in [2.45, 2.75) is 51.2 Å². The molecule has 7 nitrogen and oxygen atoms in total. The zero-order valence-corrected chi connectivity index (χ0v) is 17.5. The van der Waals surface area contributed by atoms with Crippen LogP contribution in [0, 0.1) is 5.92 Å². The van der Waals surface area contributed by atoms with Crippen molar-refractivity contribution in [3.63, 3.8) is 0 Å². The number of amides is 2. The van der Waals surface area contributed by atoms with E-state index in [9.17, 15) is 19.5 Å². The molecule has 5 N–H and O–H groups in total. The van der Waals surface area contributed by atoms with Crippen LogP contribution in [-0.2, 0) is 20.8 Å². The van der Waals surface area contributed by atoms with Gasteiger partial charge in [-0.15, -0.1) is 0 Å². The number of hydrogen-bond acceptors (Lipinski definition) is 5. The van der Waals surface area contributed by atoms with E-state index in [1.54, 1.807) is 0 Å². The highest BCUT2D eigenvalue weighted by Gasteiger charge is 2.30. The van der Waals surface area contributed by atoms with Crippen molar-refractivity contribution in [3.8, 4) is 0 Å². The number of rotatable bonds is 12. The number of nitrogens with two attached hydrogens (primary N) is 1. The molecule has 0 radical (unpaired) electrons. The van der Waals surface area contributed by atoms with Crippen molar-refractivity contribution in [2.24, 2.45) is 11.7 Å². The number of benzene rings is 1. The minimum Gasteiger partial charge on any atom is -0.480 e. The van der Waals surface area contributed by atoms with E-state index in [1.165, 1.54) is 11.8 Å². The first-order valence-electron chi connectivity index (χ1n) is 9.42. The SMILES string of the molecule is CC[C@H](C)[C@H](NC(=O)[C@@H](N)Cc1ccccc1)C(=O)N[C@@H](CCSC)C(=O)O. The van der Waals surface area contributed by atoms with Gasteiger partial charge in [0.05, 0.1) is 6.04 Å². The molecule has 8 heteroatoms. The highest BCUT2D eigenvalue weighted by Crippen LogP contribution is 2.11. The zero-order chi connectivity index (χ0) is 21.1. The van der Waals surface area contributed by atoms with Gasteiger partial charge in [0.15, 0.2) is 0 Å². The summed E-state index contributed by atoms with van der Waals surface area (Å²) in [7, 11) is 0. The molecule has 1 aromatic rings. The van der Waals surface area contributed by atoms with Gasteiger partial charge < -0.3 is 21.5 Å². The molecule has 0 aromatic heterocycles. The maximum Gasteiger partial charge on any atom is 0.326 e. The Morgan fingerprint density at radius 2 is 1.79 bits per heavy atom. The molecular formula is C20H31N3O4S. The van der Waals surface area contributed by atoms with Gasteiger partial charge in [0, 0.05) is 0 Å². The maximum atomic E-state index is 12.7. The summed E-state index contributed by atoms with van der Waals surface area (Å²) in [6.45, 7) is 3.74. The smallest absolute Gasteiger partial charge is 0.326 e. The van der Waals surface area contributed by atoms with Crippen LogP contribution in [0.15, 0.2) is 30.3 Å². The molecule has 156 valence electrons. The standard InChI is InChI=1S/C20H31N3O4S/c1-4-13(2)17(19(25)22-16(20(26)27)10-11-28-3)23-18(24)15(21)12-14-8-6-5-7-9-14/h5-9,13,15-17H,4,10-12,21H2,1-3H3,(H,22,25)(H,23,24)(H,26,27)/t13-,15-,16-,17-/m0/s1. The van der Waals surface area contributed by atoms with Crippen molar-refractivity contribution in [1.82, 2.24) is 10.6 Å². The third kappa shape index (κ3) is 7.90. The Kier molecular flexibility index (Phi) is 10.6. The van der Waals surface area contributed by atoms with E-state index in [0.717, 1.165) is 5.56 Å². The second kappa shape index (κ2) is 12.4. The van der Waals surface area contributed by atoms with Gasteiger partial charge in [-0.1, -0.05) is 50.6 Å². The predicted molar refractivity (Wildman–Crippen MR) is 112 cm³/mol. The number of carbonyl (C=O) groups excluding carboxylic acids is 2. The average Bonchev–Trinajstić information content (AvgIpc) is 2.68. The predicted octanol–water partition coefficient (Wildman–Crippen LogP) is 1.41. The van der Waals surface area contributed by atoms with Crippen molar-refractivity contribution in [3.05, 3.63) is 35.9 Å². The van der Waals surface area contributed by atoms with E-state index in [0.29, 0.717) is 25.0 Å². The Bertz CT molecular complexity index is 642. The second-order valence-electron chi connectivity index (χ2n) is 6.85. The van der Waals surface area contributed by atoms with Crippen LogP contribution in [0.3, 0.4) is 0 Å². The summed E-state index contributed by atoms with van der Waals surface area (Å²) in [5.41, 5.74) is 6.94. The summed E-state index contributed by atoms with van der Waals surface area (Å²) in [4.78, 5) is 36.6. The molecule has 0 unspecified atom stereocenters. The van der Waals surface area contributed by atoms with Crippen molar-refractivity contribution in [2.75, 3.05) is 12.0 Å². The Morgan fingerprint density at radius 1 is 1.14 bits per heavy atom. The monoisotopic (exact) mass is 409 g/mol. The molecule has 28 heavy (non-hydrogen) atoms. The Morgan fingerprint density at radius 3 is 2.32 bits per heavy atom. The maximum absolute atomic E-state index is 12.7. The zero-order valence-electron chi connectivity index (χ0n) is 16.7. The molecule has 2 amide bonds. The summed E-state index contributed by atoms with van der Waals surface area (Å²) in [5.74, 6) is -1.57. The Hall–Kier alpha value is -2.06. The summed E-state index contributed by atoms with van der Waals surface area (Å²) >= 11 is 1.51. The normalized spacial score (nSPS) is 15.1. The fourth-order valence-electron chi connectivity index (χ4n) is 2.68. The Balaban J connectivity index is 2.79. The van der Waals surface area contributed by atoms with Crippen LogP contribution in [0.1, 0.15) is 32.3 Å². The quantitative estimate of drug-likeness (QED) is 0.414. The van der Waals surface area contributed by atoms with Gasteiger partial charge in [-0.2, -0.15) is 11.8 Å². The van der Waals surface area contributed by atoms with E-state index in [2.05, 4.69) is 10.6 Å². The van der Waals surface area contributed by atoms with E-state index in [1.807, 2.05) is 50.4 Å². The van der Waals surface area contributed by atoms with Crippen molar-refractivity contribution >= 4 is 29.5 Å².